The Balaban J connectivity index is 1.73. The summed E-state index contributed by atoms with van der Waals surface area (Å²) in [6.45, 7) is 0.474. The molecule has 5 heteroatoms. The average molecular weight is 286 g/mol. The molecule has 0 saturated heterocycles. The number of rotatable bonds is 4. The Morgan fingerprint density at radius 3 is 2.55 bits per heavy atom. The normalized spacial score (nSPS) is 10.4. The van der Waals surface area contributed by atoms with Crippen LogP contribution in [0.4, 0.5) is 5.69 Å². The van der Waals surface area contributed by atoms with Gasteiger partial charge in [0, 0.05) is 11.3 Å². The van der Waals surface area contributed by atoms with Crippen LogP contribution < -0.4 is 5.32 Å². The van der Waals surface area contributed by atoms with Crippen LogP contribution in [0.3, 0.4) is 0 Å². The van der Waals surface area contributed by atoms with Crippen molar-refractivity contribution in [1.29, 1.82) is 0 Å². The number of para-hydroxylation sites is 1. The lowest BCUT2D eigenvalue weighted by Gasteiger charge is -2.01. The third-order valence-corrected chi connectivity index (χ3v) is 3.13. The molecule has 2 aromatic carbocycles. The molecule has 100 valence electrons. The van der Waals surface area contributed by atoms with E-state index >= 15 is 0 Å². The zero-order chi connectivity index (χ0) is 13.8. The van der Waals surface area contributed by atoms with Gasteiger partial charge in [-0.15, -0.1) is 0 Å². The van der Waals surface area contributed by atoms with E-state index in [9.17, 15) is 0 Å². The molecular formula is C15H12ClN3O. The number of hydrogen-bond donors (Lipinski definition) is 1. The molecule has 3 aromatic rings. The first-order valence-electron chi connectivity index (χ1n) is 6.19. The summed E-state index contributed by atoms with van der Waals surface area (Å²) in [5, 5.41) is 7.77. The first-order chi connectivity index (χ1) is 9.83. The number of anilines is 1. The highest BCUT2D eigenvalue weighted by Crippen LogP contribution is 2.24. The monoisotopic (exact) mass is 285 g/mol. The summed E-state index contributed by atoms with van der Waals surface area (Å²) < 4.78 is 5.21. The van der Waals surface area contributed by atoms with Crippen molar-refractivity contribution in [1.82, 2.24) is 10.1 Å². The zero-order valence-electron chi connectivity index (χ0n) is 10.6. The lowest BCUT2D eigenvalue weighted by molar-refractivity contribution is 0.384. The molecule has 3 rings (SSSR count). The first-order valence-corrected chi connectivity index (χ1v) is 6.57. The topological polar surface area (TPSA) is 51.0 Å². The van der Waals surface area contributed by atoms with Gasteiger partial charge < -0.3 is 9.84 Å². The second kappa shape index (κ2) is 5.75. The maximum absolute atomic E-state index is 6.10. The Hall–Kier alpha value is -2.33. The molecule has 0 aliphatic rings. The van der Waals surface area contributed by atoms with Crippen molar-refractivity contribution >= 4 is 17.3 Å². The molecule has 0 spiro atoms. The van der Waals surface area contributed by atoms with Crippen molar-refractivity contribution in [2.75, 3.05) is 5.32 Å². The Morgan fingerprint density at radius 2 is 1.75 bits per heavy atom. The Kier molecular flexibility index (Phi) is 3.65. The molecule has 0 amide bonds. The van der Waals surface area contributed by atoms with Crippen LogP contribution >= 0.6 is 11.6 Å². The maximum atomic E-state index is 6.10. The molecule has 0 saturated carbocycles. The summed E-state index contributed by atoms with van der Waals surface area (Å²) in [5.41, 5.74) is 1.77. The summed E-state index contributed by atoms with van der Waals surface area (Å²) in [5.74, 6) is 1.02. The van der Waals surface area contributed by atoms with Crippen molar-refractivity contribution in [3.05, 3.63) is 65.5 Å². The van der Waals surface area contributed by atoms with Crippen LogP contribution in [0.15, 0.2) is 59.1 Å². The molecule has 1 N–H and O–H groups in total. The van der Waals surface area contributed by atoms with Crippen molar-refractivity contribution < 1.29 is 4.52 Å². The summed E-state index contributed by atoms with van der Waals surface area (Å²) in [4.78, 5) is 4.33. The molecule has 0 unspecified atom stereocenters. The fraction of sp³-hybridized carbons (Fsp3) is 0.0667. The number of aromatic nitrogens is 2. The fourth-order valence-corrected chi connectivity index (χ4v) is 2.03. The summed E-state index contributed by atoms with van der Waals surface area (Å²) in [6.07, 6.45) is 0. The van der Waals surface area contributed by atoms with Gasteiger partial charge in [-0.05, 0) is 24.3 Å². The van der Waals surface area contributed by atoms with Crippen LogP contribution in [0.1, 0.15) is 5.89 Å². The van der Waals surface area contributed by atoms with Crippen molar-refractivity contribution in [2.24, 2.45) is 0 Å². The van der Waals surface area contributed by atoms with Gasteiger partial charge in [0.25, 0.3) is 0 Å². The van der Waals surface area contributed by atoms with Gasteiger partial charge >= 0.3 is 0 Å². The summed E-state index contributed by atoms with van der Waals surface area (Å²) in [6, 6.07) is 17.3. The third kappa shape index (κ3) is 2.81. The van der Waals surface area contributed by atoms with Crippen LogP contribution in [-0.4, -0.2) is 10.1 Å². The van der Waals surface area contributed by atoms with E-state index in [2.05, 4.69) is 15.5 Å². The minimum atomic E-state index is 0.474. The predicted octanol–water partition coefficient (Wildman–Crippen LogP) is 4.00. The second-order valence-corrected chi connectivity index (χ2v) is 4.62. The van der Waals surface area contributed by atoms with E-state index in [0.717, 1.165) is 11.3 Å². The Labute approximate surface area is 121 Å². The number of nitrogens with zero attached hydrogens (tertiary/aromatic N) is 2. The van der Waals surface area contributed by atoms with E-state index in [0.29, 0.717) is 23.3 Å². The van der Waals surface area contributed by atoms with E-state index < -0.39 is 0 Å². The molecule has 1 heterocycles. The SMILES string of the molecule is Clc1ccccc1-c1noc(CNc2ccccc2)n1. The van der Waals surface area contributed by atoms with Gasteiger partial charge in [-0.1, -0.05) is 47.1 Å². The Morgan fingerprint density at radius 1 is 1.00 bits per heavy atom. The Bertz CT molecular complexity index is 697. The fourth-order valence-electron chi connectivity index (χ4n) is 1.81. The summed E-state index contributed by atoms with van der Waals surface area (Å²) >= 11 is 6.10. The van der Waals surface area contributed by atoms with Crippen molar-refractivity contribution in [2.45, 2.75) is 6.54 Å². The van der Waals surface area contributed by atoms with E-state index in [-0.39, 0.29) is 0 Å². The molecule has 0 radical (unpaired) electrons. The van der Waals surface area contributed by atoms with Gasteiger partial charge in [0.15, 0.2) is 0 Å². The zero-order valence-corrected chi connectivity index (χ0v) is 11.3. The molecule has 0 bridgehead atoms. The quantitative estimate of drug-likeness (QED) is 0.787. The lowest BCUT2D eigenvalue weighted by atomic mass is 10.2. The number of halogens is 1. The summed E-state index contributed by atoms with van der Waals surface area (Å²) in [7, 11) is 0. The molecule has 0 atom stereocenters. The predicted molar refractivity (Wildman–Crippen MR) is 78.5 cm³/mol. The molecule has 0 aliphatic carbocycles. The van der Waals surface area contributed by atoms with Crippen LogP contribution in [0.5, 0.6) is 0 Å². The van der Waals surface area contributed by atoms with Crippen molar-refractivity contribution in [3.8, 4) is 11.4 Å². The van der Waals surface area contributed by atoms with E-state index in [1.54, 1.807) is 6.07 Å². The van der Waals surface area contributed by atoms with Crippen LogP contribution in [0.2, 0.25) is 5.02 Å². The first kappa shape index (κ1) is 12.7. The standard InChI is InChI=1S/C15H12ClN3O/c16-13-9-5-4-8-12(13)15-18-14(20-19-15)10-17-11-6-2-1-3-7-11/h1-9,17H,10H2. The molecule has 20 heavy (non-hydrogen) atoms. The van der Waals surface area contributed by atoms with Gasteiger partial charge in [0.1, 0.15) is 0 Å². The molecule has 0 aliphatic heterocycles. The van der Waals surface area contributed by atoms with Gasteiger partial charge in [-0.3, -0.25) is 0 Å². The lowest BCUT2D eigenvalue weighted by Crippen LogP contribution is -1.99. The highest BCUT2D eigenvalue weighted by molar-refractivity contribution is 6.33. The van der Waals surface area contributed by atoms with Crippen molar-refractivity contribution in [3.63, 3.8) is 0 Å². The van der Waals surface area contributed by atoms with E-state index in [4.69, 9.17) is 16.1 Å². The second-order valence-electron chi connectivity index (χ2n) is 4.21. The van der Waals surface area contributed by atoms with Gasteiger partial charge in [0.05, 0.1) is 11.6 Å². The highest BCUT2D eigenvalue weighted by atomic mass is 35.5. The van der Waals surface area contributed by atoms with Crippen LogP contribution in [-0.2, 0) is 6.54 Å². The largest absolute Gasteiger partial charge is 0.376 e. The van der Waals surface area contributed by atoms with Gasteiger partial charge in [-0.25, -0.2) is 0 Å². The molecule has 1 aromatic heterocycles. The average Bonchev–Trinajstić information content (AvgIpc) is 2.95. The maximum Gasteiger partial charge on any atom is 0.246 e. The number of nitrogens with one attached hydrogen (secondary N) is 1. The number of hydrogen-bond acceptors (Lipinski definition) is 4. The smallest absolute Gasteiger partial charge is 0.246 e. The van der Waals surface area contributed by atoms with E-state index in [1.165, 1.54) is 0 Å². The van der Waals surface area contributed by atoms with Gasteiger partial charge in [-0.2, -0.15) is 4.98 Å². The van der Waals surface area contributed by atoms with Gasteiger partial charge in [0.2, 0.25) is 11.7 Å². The third-order valence-electron chi connectivity index (χ3n) is 2.80. The molecule has 0 fully saturated rings. The van der Waals surface area contributed by atoms with Crippen LogP contribution in [0.25, 0.3) is 11.4 Å². The minimum Gasteiger partial charge on any atom is -0.376 e. The molecule has 4 nitrogen and oxygen atoms in total. The van der Waals surface area contributed by atoms with E-state index in [1.807, 2.05) is 48.5 Å². The molecular weight excluding hydrogens is 274 g/mol. The minimum absolute atomic E-state index is 0.474. The highest BCUT2D eigenvalue weighted by Gasteiger charge is 2.10. The van der Waals surface area contributed by atoms with Crippen LogP contribution in [0, 0.1) is 0 Å². The number of benzene rings is 2.